The fourth-order valence-electron chi connectivity index (χ4n) is 4.04. The number of anilines is 1. The lowest BCUT2D eigenvalue weighted by Gasteiger charge is -2.35. The van der Waals surface area contributed by atoms with E-state index in [2.05, 4.69) is 4.74 Å². The van der Waals surface area contributed by atoms with Gasteiger partial charge < -0.3 is 9.64 Å². The molecule has 8 nitrogen and oxygen atoms in total. The van der Waals surface area contributed by atoms with E-state index < -0.39 is 33.1 Å². The summed E-state index contributed by atoms with van der Waals surface area (Å²) in [5.74, 6) is -1.18. The van der Waals surface area contributed by atoms with E-state index in [0.717, 1.165) is 21.3 Å². The topological polar surface area (TPSA) is 87.2 Å². The highest BCUT2D eigenvalue weighted by Gasteiger charge is 2.43. The first-order valence-corrected chi connectivity index (χ1v) is 11.6. The van der Waals surface area contributed by atoms with E-state index in [1.165, 1.54) is 17.0 Å². The number of amides is 3. The van der Waals surface area contributed by atoms with E-state index in [0.29, 0.717) is 5.69 Å². The predicted octanol–water partition coefficient (Wildman–Crippen LogP) is 3.21. The number of carbonyl (C=O) groups is 2. The van der Waals surface area contributed by atoms with Gasteiger partial charge in [0.2, 0.25) is 10.0 Å². The summed E-state index contributed by atoms with van der Waals surface area (Å²) in [4.78, 5) is 27.2. The minimum atomic E-state index is -5.04. The molecule has 33 heavy (non-hydrogen) atoms. The standard InChI is InChI=1S/C21H20F3N3O5S/c22-21(23,24)32-17-8-4-5-9-18(17)33(30,31)25-12-10-15(11-13-25)26-14-19(28)27(20(26)29)16-6-2-1-3-7-16/h1-9,15H,10-14H2. The third-order valence-corrected chi connectivity index (χ3v) is 7.50. The first-order valence-electron chi connectivity index (χ1n) is 10.1. The van der Waals surface area contributed by atoms with Gasteiger partial charge in [-0.1, -0.05) is 30.3 Å². The largest absolute Gasteiger partial charge is 0.573 e. The molecule has 2 saturated heterocycles. The molecule has 0 N–H and O–H groups in total. The Balaban J connectivity index is 1.46. The van der Waals surface area contributed by atoms with E-state index in [1.807, 2.05) is 0 Å². The molecule has 2 aliphatic heterocycles. The lowest BCUT2D eigenvalue weighted by molar-refractivity contribution is -0.275. The van der Waals surface area contributed by atoms with E-state index in [-0.39, 0.29) is 44.4 Å². The minimum absolute atomic E-state index is 0.0172. The molecule has 4 rings (SSSR count). The van der Waals surface area contributed by atoms with Gasteiger partial charge in [-0.3, -0.25) is 4.79 Å². The summed E-state index contributed by atoms with van der Waals surface area (Å²) < 4.78 is 69.1. The van der Waals surface area contributed by atoms with Gasteiger partial charge in [-0.25, -0.2) is 18.1 Å². The summed E-state index contributed by atoms with van der Waals surface area (Å²) in [5, 5.41) is 0. The van der Waals surface area contributed by atoms with Crippen LogP contribution in [0.4, 0.5) is 23.7 Å². The molecular weight excluding hydrogens is 463 g/mol. The zero-order valence-corrected chi connectivity index (χ0v) is 18.1. The van der Waals surface area contributed by atoms with Crippen molar-refractivity contribution in [3.63, 3.8) is 0 Å². The minimum Gasteiger partial charge on any atom is -0.404 e. The number of hydrogen-bond donors (Lipinski definition) is 0. The van der Waals surface area contributed by atoms with Crippen molar-refractivity contribution < 1.29 is 35.9 Å². The Kier molecular flexibility index (Phi) is 6.06. The van der Waals surface area contributed by atoms with Gasteiger partial charge in [0.25, 0.3) is 5.91 Å². The maximum atomic E-state index is 13.0. The van der Waals surface area contributed by atoms with Gasteiger partial charge in [-0.2, -0.15) is 4.31 Å². The summed E-state index contributed by atoms with van der Waals surface area (Å²) in [5.41, 5.74) is 0.455. The Morgan fingerprint density at radius 2 is 1.52 bits per heavy atom. The van der Waals surface area contributed by atoms with E-state index in [9.17, 15) is 31.2 Å². The van der Waals surface area contributed by atoms with Crippen LogP contribution in [0.1, 0.15) is 12.8 Å². The van der Waals surface area contributed by atoms with Crippen molar-refractivity contribution in [2.75, 3.05) is 24.5 Å². The fourth-order valence-corrected chi connectivity index (χ4v) is 5.63. The second-order valence-electron chi connectivity index (χ2n) is 7.60. The van der Waals surface area contributed by atoms with Crippen LogP contribution in [0.3, 0.4) is 0 Å². The van der Waals surface area contributed by atoms with Crippen LogP contribution in [0.15, 0.2) is 59.5 Å². The fraction of sp³-hybridized carbons (Fsp3) is 0.333. The predicted molar refractivity (Wildman–Crippen MR) is 111 cm³/mol. The van der Waals surface area contributed by atoms with Crippen LogP contribution < -0.4 is 9.64 Å². The van der Waals surface area contributed by atoms with Crippen LogP contribution in [-0.4, -0.2) is 61.6 Å². The van der Waals surface area contributed by atoms with Gasteiger partial charge in [0.05, 0.1) is 5.69 Å². The van der Waals surface area contributed by atoms with Crippen molar-refractivity contribution in [3.8, 4) is 5.75 Å². The first kappa shape index (κ1) is 23.1. The van der Waals surface area contributed by atoms with Gasteiger partial charge in [0.1, 0.15) is 17.2 Å². The highest BCUT2D eigenvalue weighted by atomic mass is 32.2. The Morgan fingerprint density at radius 3 is 2.15 bits per heavy atom. The lowest BCUT2D eigenvalue weighted by atomic mass is 10.1. The molecule has 3 amide bonds. The number of ether oxygens (including phenoxy) is 1. The van der Waals surface area contributed by atoms with Crippen LogP contribution in [0, 0.1) is 0 Å². The van der Waals surface area contributed by atoms with Crippen molar-refractivity contribution in [3.05, 3.63) is 54.6 Å². The summed E-state index contributed by atoms with van der Waals surface area (Å²) in [7, 11) is -4.26. The van der Waals surface area contributed by atoms with Crippen LogP contribution in [-0.2, 0) is 14.8 Å². The second-order valence-corrected chi connectivity index (χ2v) is 9.51. The number of rotatable bonds is 5. The number of nitrogens with zero attached hydrogens (tertiary/aromatic N) is 3. The number of piperidine rings is 1. The van der Waals surface area contributed by atoms with Crippen molar-refractivity contribution >= 4 is 27.6 Å². The molecule has 0 unspecified atom stereocenters. The highest BCUT2D eigenvalue weighted by Crippen LogP contribution is 2.33. The summed E-state index contributed by atoms with van der Waals surface area (Å²) in [6.07, 6.45) is -4.56. The molecule has 2 aromatic rings. The average Bonchev–Trinajstić information content (AvgIpc) is 3.07. The van der Waals surface area contributed by atoms with Crippen LogP contribution in [0.5, 0.6) is 5.75 Å². The van der Waals surface area contributed by atoms with Gasteiger partial charge in [0, 0.05) is 19.1 Å². The molecule has 0 aromatic heterocycles. The number of imide groups is 1. The molecular formula is C21H20F3N3O5S. The molecule has 2 aliphatic rings. The Hall–Kier alpha value is -3.12. The third kappa shape index (κ3) is 4.67. The number of carbonyl (C=O) groups excluding carboxylic acids is 2. The third-order valence-electron chi connectivity index (χ3n) is 5.56. The molecule has 0 atom stereocenters. The molecule has 176 valence electrons. The normalized spacial score (nSPS) is 18.8. The number of hydrogen-bond acceptors (Lipinski definition) is 5. The SMILES string of the molecule is O=C1CN(C2CCN(S(=O)(=O)c3ccccc3OC(F)(F)F)CC2)C(=O)N1c1ccccc1. The smallest absolute Gasteiger partial charge is 0.404 e. The average molecular weight is 483 g/mol. The molecule has 2 fully saturated rings. The van der Waals surface area contributed by atoms with Crippen molar-refractivity contribution in [2.45, 2.75) is 30.1 Å². The maximum absolute atomic E-state index is 13.0. The number of benzene rings is 2. The molecule has 2 heterocycles. The monoisotopic (exact) mass is 483 g/mol. The Labute approximate surface area is 188 Å². The Bertz CT molecular complexity index is 1150. The first-order chi connectivity index (χ1) is 15.6. The molecule has 0 spiro atoms. The number of halogens is 3. The summed E-state index contributed by atoms with van der Waals surface area (Å²) in [6, 6.07) is 12.2. The second kappa shape index (κ2) is 8.67. The lowest BCUT2D eigenvalue weighted by Crippen LogP contribution is -2.48. The molecule has 0 radical (unpaired) electrons. The Morgan fingerprint density at radius 1 is 0.909 bits per heavy atom. The maximum Gasteiger partial charge on any atom is 0.573 e. The summed E-state index contributed by atoms with van der Waals surface area (Å²) >= 11 is 0. The number of alkyl halides is 3. The molecule has 2 aromatic carbocycles. The van der Waals surface area contributed by atoms with Gasteiger partial charge in [-0.15, -0.1) is 13.2 Å². The zero-order chi connectivity index (χ0) is 23.8. The molecule has 12 heteroatoms. The van der Waals surface area contributed by atoms with Crippen molar-refractivity contribution in [2.24, 2.45) is 0 Å². The van der Waals surface area contributed by atoms with E-state index >= 15 is 0 Å². The summed E-state index contributed by atoms with van der Waals surface area (Å²) in [6.45, 7) is -0.152. The van der Waals surface area contributed by atoms with Crippen molar-refractivity contribution in [1.82, 2.24) is 9.21 Å². The quantitative estimate of drug-likeness (QED) is 0.610. The van der Waals surface area contributed by atoms with Gasteiger partial charge in [0.15, 0.2) is 0 Å². The molecule has 0 aliphatic carbocycles. The number of para-hydroxylation sites is 2. The van der Waals surface area contributed by atoms with E-state index in [1.54, 1.807) is 30.3 Å². The van der Waals surface area contributed by atoms with Crippen LogP contribution in [0.25, 0.3) is 0 Å². The molecule has 0 saturated carbocycles. The number of sulfonamides is 1. The van der Waals surface area contributed by atoms with Crippen LogP contribution >= 0.6 is 0 Å². The van der Waals surface area contributed by atoms with Gasteiger partial charge in [-0.05, 0) is 37.1 Å². The molecule has 0 bridgehead atoms. The van der Waals surface area contributed by atoms with E-state index in [4.69, 9.17) is 0 Å². The highest BCUT2D eigenvalue weighted by molar-refractivity contribution is 7.89. The van der Waals surface area contributed by atoms with Gasteiger partial charge >= 0.3 is 12.4 Å². The van der Waals surface area contributed by atoms with Crippen LogP contribution in [0.2, 0.25) is 0 Å². The number of urea groups is 1. The van der Waals surface area contributed by atoms with Crippen molar-refractivity contribution in [1.29, 1.82) is 0 Å². The zero-order valence-electron chi connectivity index (χ0n) is 17.2.